The maximum absolute atomic E-state index is 11.7. The third-order valence-electron chi connectivity index (χ3n) is 4.24. The number of carbonyl (C=O) groups is 1. The SMILES string of the molecule is CC(C)c1ccc(Nc2cc3c(C(N)=O)c(N)[nH]c3cc2[N+](=O)[O-])cc1. The van der Waals surface area contributed by atoms with Crippen molar-refractivity contribution in [2.24, 2.45) is 5.73 Å². The Morgan fingerprint density at radius 1 is 1.23 bits per heavy atom. The van der Waals surface area contributed by atoms with Gasteiger partial charge in [-0.05, 0) is 29.7 Å². The summed E-state index contributed by atoms with van der Waals surface area (Å²) < 4.78 is 0. The van der Waals surface area contributed by atoms with Gasteiger partial charge in [0.05, 0.1) is 16.0 Å². The Morgan fingerprint density at radius 3 is 2.42 bits per heavy atom. The molecule has 0 aliphatic carbocycles. The molecule has 3 rings (SSSR count). The average molecular weight is 353 g/mol. The molecule has 0 unspecified atom stereocenters. The van der Waals surface area contributed by atoms with Gasteiger partial charge in [0.2, 0.25) is 0 Å². The molecule has 8 nitrogen and oxygen atoms in total. The number of amides is 1. The third-order valence-corrected chi connectivity index (χ3v) is 4.24. The Labute approximate surface area is 149 Å². The number of hydrogen-bond donors (Lipinski definition) is 4. The Balaban J connectivity index is 2.10. The van der Waals surface area contributed by atoms with Crippen molar-refractivity contribution in [1.29, 1.82) is 0 Å². The molecule has 0 radical (unpaired) electrons. The lowest BCUT2D eigenvalue weighted by Gasteiger charge is -2.10. The van der Waals surface area contributed by atoms with Crippen LogP contribution in [0.5, 0.6) is 0 Å². The van der Waals surface area contributed by atoms with Crippen molar-refractivity contribution < 1.29 is 9.72 Å². The zero-order chi connectivity index (χ0) is 19.0. The lowest BCUT2D eigenvalue weighted by molar-refractivity contribution is -0.383. The monoisotopic (exact) mass is 353 g/mol. The lowest BCUT2D eigenvalue weighted by atomic mass is 10.0. The number of benzene rings is 2. The average Bonchev–Trinajstić information content (AvgIpc) is 2.89. The molecule has 1 heterocycles. The van der Waals surface area contributed by atoms with Crippen LogP contribution in [-0.2, 0) is 0 Å². The predicted octanol–water partition coefficient (Wildman–Crippen LogP) is 3.62. The highest BCUT2D eigenvalue weighted by atomic mass is 16.6. The second kappa shape index (κ2) is 6.40. The summed E-state index contributed by atoms with van der Waals surface area (Å²) in [5.74, 6) is -0.231. The molecular weight excluding hydrogens is 334 g/mol. The summed E-state index contributed by atoms with van der Waals surface area (Å²) >= 11 is 0. The van der Waals surface area contributed by atoms with E-state index in [4.69, 9.17) is 11.5 Å². The fraction of sp³-hybridized carbons (Fsp3) is 0.167. The second-order valence-corrected chi connectivity index (χ2v) is 6.35. The summed E-state index contributed by atoms with van der Waals surface area (Å²) in [6.45, 7) is 4.17. The molecular formula is C18H19N5O3. The number of nitro benzene ring substituents is 1. The summed E-state index contributed by atoms with van der Waals surface area (Å²) in [6, 6.07) is 10.5. The Kier molecular flexibility index (Phi) is 4.25. The molecule has 1 aromatic heterocycles. The number of nitrogens with zero attached hydrogens (tertiary/aromatic N) is 1. The summed E-state index contributed by atoms with van der Waals surface area (Å²) in [5.41, 5.74) is 13.6. The van der Waals surface area contributed by atoms with Crippen LogP contribution in [0.2, 0.25) is 0 Å². The second-order valence-electron chi connectivity index (χ2n) is 6.35. The molecule has 0 atom stereocenters. The minimum Gasteiger partial charge on any atom is -0.385 e. The fourth-order valence-corrected chi connectivity index (χ4v) is 2.87. The normalized spacial score (nSPS) is 11.0. The number of nitro groups is 1. The molecule has 134 valence electrons. The first-order chi connectivity index (χ1) is 12.3. The predicted molar refractivity (Wildman–Crippen MR) is 102 cm³/mol. The third kappa shape index (κ3) is 3.04. The first-order valence-corrected chi connectivity index (χ1v) is 8.04. The molecule has 0 saturated heterocycles. The molecule has 0 spiro atoms. The van der Waals surface area contributed by atoms with Crippen molar-refractivity contribution in [3.8, 4) is 0 Å². The molecule has 6 N–H and O–H groups in total. The van der Waals surface area contributed by atoms with Gasteiger partial charge in [-0.3, -0.25) is 14.9 Å². The van der Waals surface area contributed by atoms with Crippen LogP contribution in [0.25, 0.3) is 10.9 Å². The van der Waals surface area contributed by atoms with E-state index in [0.29, 0.717) is 22.5 Å². The van der Waals surface area contributed by atoms with Gasteiger partial charge in [0, 0.05) is 17.1 Å². The number of carbonyl (C=O) groups excluding carboxylic acids is 1. The summed E-state index contributed by atoms with van der Waals surface area (Å²) in [5, 5.41) is 14.9. The number of aromatic amines is 1. The van der Waals surface area contributed by atoms with Crippen molar-refractivity contribution in [3.63, 3.8) is 0 Å². The maximum Gasteiger partial charge on any atom is 0.294 e. The molecule has 0 saturated carbocycles. The van der Waals surface area contributed by atoms with E-state index in [1.165, 1.54) is 12.1 Å². The smallest absolute Gasteiger partial charge is 0.294 e. The van der Waals surface area contributed by atoms with E-state index in [1.54, 1.807) is 0 Å². The maximum atomic E-state index is 11.7. The van der Waals surface area contributed by atoms with Crippen LogP contribution in [0.1, 0.15) is 35.7 Å². The molecule has 0 aliphatic rings. The van der Waals surface area contributed by atoms with E-state index in [-0.39, 0.29) is 22.8 Å². The van der Waals surface area contributed by atoms with E-state index in [1.807, 2.05) is 24.3 Å². The highest BCUT2D eigenvalue weighted by Crippen LogP contribution is 2.35. The molecule has 8 heteroatoms. The van der Waals surface area contributed by atoms with Gasteiger partial charge in [-0.2, -0.15) is 0 Å². The molecule has 2 aromatic carbocycles. The van der Waals surface area contributed by atoms with Crippen molar-refractivity contribution >= 4 is 39.7 Å². The number of nitrogens with one attached hydrogen (secondary N) is 2. The number of primary amides is 1. The van der Waals surface area contributed by atoms with Gasteiger partial charge in [-0.25, -0.2) is 0 Å². The zero-order valence-corrected chi connectivity index (χ0v) is 14.4. The summed E-state index contributed by atoms with van der Waals surface area (Å²) in [7, 11) is 0. The van der Waals surface area contributed by atoms with Gasteiger partial charge in [-0.15, -0.1) is 0 Å². The Hall–Kier alpha value is -3.55. The topological polar surface area (TPSA) is 140 Å². The van der Waals surface area contributed by atoms with Gasteiger partial charge in [0.1, 0.15) is 11.5 Å². The van der Waals surface area contributed by atoms with E-state index in [2.05, 4.69) is 24.1 Å². The number of nitrogen functional groups attached to an aromatic ring is 1. The number of nitrogens with two attached hydrogens (primary N) is 2. The largest absolute Gasteiger partial charge is 0.385 e. The molecule has 26 heavy (non-hydrogen) atoms. The van der Waals surface area contributed by atoms with Crippen molar-refractivity contribution in [1.82, 2.24) is 4.98 Å². The van der Waals surface area contributed by atoms with Crippen LogP contribution < -0.4 is 16.8 Å². The number of aromatic nitrogens is 1. The first kappa shape index (κ1) is 17.3. The van der Waals surface area contributed by atoms with Gasteiger partial charge in [0.15, 0.2) is 0 Å². The minimum absolute atomic E-state index is 0.0836. The van der Waals surface area contributed by atoms with Crippen LogP contribution in [0, 0.1) is 10.1 Å². The van der Waals surface area contributed by atoms with Crippen LogP contribution in [-0.4, -0.2) is 15.8 Å². The lowest BCUT2D eigenvalue weighted by Crippen LogP contribution is -2.12. The van der Waals surface area contributed by atoms with Crippen LogP contribution in [0.4, 0.5) is 22.9 Å². The molecule has 0 aliphatic heterocycles. The number of anilines is 3. The Morgan fingerprint density at radius 2 is 1.88 bits per heavy atom. The van der Waals surface area contributed by atoms with Crippen LogP contribution in [0.15, 0.2) is 36.4 Å². The van der Waals surface area contributed by atoms with E-state index in [9.17, 15) is 14.9 Å². The Bertz CT molecular complexity index is 1010. The standard InChI is InChI=1S/C18H19N5O3/c1-9(2)10-3-5-11(6-4-10)21-14-7-12-13(8-15(14)23(25)26)22-17(19)16(12)18(20)24/h3-9,21-22H,19H2,1-2H3,(H2,20,24). The zero-order valence-electron chi connectivity index (χ0n) is 14.4. The number of fused-ring (bicyclic) bond motifs is 1. The number of rotatable bonds is 5. The van der Waals surface area contributed by atoms with Crippen LogP contribution in [0.3, 0.4) is 0 Å². The van der Waals surface area contributed by atoms with Crippen LogP contribution >= 0.6 is 0 Å². The molecule has 0 fully saturated rings. The van der Waals surface area contributed by atoms with Gasteiger partial charge >= 0.3 is 0 Å². The summed E-state index contributed by atoms with van der Waals surface area (Å²) in [6.07, 6.45) is 0. The highest BCUT2D eigenvalue weighted by molar-refractivity contribution is 6.12. The van der Waals surface area contributed by atoms with Crippen molar-refractivity contribution in [3.05, 3.63) is 57.6 Å². The summed E-state index contributed by atoms with van der Waals surface area (Å²) in [4.78, 5) is 25.4. The molecule has 1 amide bonds. The minimum atomic E-state index is -0.699. The molecule has 0 bridgehead atoms. The van der Waals surface area contributed by atoms with E-state index < -0.39 is 10.8 Å². The van der Waals surface area contributed by atoms with E-state index >= 15 is 0 Å². The number of hydrogen-bond acceptors (Lipinski definition) is 5. The van der Waals surface area contributed by atoms with Gasteiger partial charge < -0.3 is 21.8 Å². The van der Waals surface area contributed by atoms with Crippen molar-refractivity contribution in [2.75, 3.05) is 11.1 Å². The first-order valence-electron chi connectivity index (χ1n) is 8.04. The van der Waals surface area contributed by atoms with Gasteiger partial charge in [0.25, 0.3) is 11.6 Å². The van der Waals surface area contributed by atoms with Crippen molar-refractivity contribution in [2.45, 2.75) is 19.8 Å². The molecule has 3 aromatic rings. The fourth-order valence-electron chi connectivity index (χ4n) is 2.87. The van der Waals surface area contributed by atoms with E-state index in [0.717, 1.165) is 5.56 Å². The van der Waals surface area contributed by atoms with Gasteiger partial charge in [-0.1, -0.05) is 26.0 Å². The highest BCUT2D eigenvalue weighted by Gasteiger charge is 2.21. The quantitative estimate of drug-likeness (QED) is 0.409. The number of H-pyrrole nitrogens is 1.